The third-order valence-corrected chi connectivity index (χ3v) is 2.80. The summed E-state index contributed by atoms with van der Waals surface area (Å²) in [5.74, 6) is 0.612. The lowest BCUT2D eigenvalue weighted by Crippen LogP contribution is -1.92. The largest absolute Gasteiger partial charge is 0.155 e. The Morgan fingerprint density at radius 2 is 1.50 bits per heavy atom. The molecule has 1 heterocycles. The monoisotopic (exact) mass is 202 g/mol. The summed E-state index contributed by atoms with van der Waals surface area (Å²) in [6, 6.07) is 0. The van der Waals surface area contributed by atoms with Crippen LogP contribution in [0.2, 0.25) is 10.3 Å². The van der Waals surface area contributed by atoms with Gasteiger partial charge in [0.1, 0.15) is 0 Å². The van der Waals surface area contributed by atoms with Crippen molar-refractivity contribution in [1.82, 2.24) is 10.2 Å². The maximum Gasteiger partial charge on any atom is 0.155 e. The lowest BCUT2D eigenvalue weighted by molar-refractivity contribution is 0.627. The average Bonchev–Trinajstić information content (AvgIpc) is 2.41. The predicted octanol–water partition coefficient (Wildman–Crippen LogP) is 2.52. The number of hydrogen-bond donors (Lipinski definition) is 0. The van der Waals surface area contributed by atoms with Crippen molar-refractivity contribution in [3.8, 4) is 0 Å². The molecule has 0 radical (unpaired) electrons. The van der Waals surface area contributed by atoms with Gasteiger partial charge >= 0.3 is 0 Å². The first-order valence-electron chi connectivity index (χ1n) is 3.88. The molecular weight excluding hydrogens is 195 g/mol. The third kappa shape index (κ3) is 1.19. The molecule has 0 amide bonds. The van der Waals surface area contributed by atoms with Crippen LogP contribution in [-0.2, 0) is 12.8 Å². The zero-order chi connectivity index (χ0) is 8.72. The molecule has 1 aliphatic carbocycles. The molecule has 2 nitrogen and oxygen atoms in total. The van der Waals surface area contributed by atoms with E-state index < -0.39 is 0 Å². The van der Waals surface area contributed by atoms with Crippen LogP contribution in [0.4, 0.5) is 0 Å². The first-order chi connectivity index (χ1) is 5.68. The van der Waals surface area contributed by atoms with Crippen LogP contribution in [0, 0.1) is 5.92 Å². The van der Waals surface area contributed by atoms with Crippen molar-refractivity contribution in [2.75, 3.05) is 0 Å². The van der Waals surface area contributed by atoms with E-state index in [1.807, 2.05) is 0 Å². The molecule has 0 atom stereocenters. The van der Waals surface area contributed by atoms with Crippen LogP contribution in [0.3, 0.4) is 0 Å². The molecule has 64 valence electrons. The van der Waals surface area contributed by atoms with Gasteiger partial charge in [0.05, 0.1) is 0 Å². The number of halogens is 2. The SMILES string of the molecule is CC1Cc2c(Cl)nnc(Cl)c2C1. The van der Waals surface area contributed by atoms with E-state index in [9.17, 15) is 0 Å². The van der Waals surface area contributed by atoms with Crippen molar-refractivity contribution < 1.29 is 0 Å². The topological polar surface area (TPSA) is 25.8 Å². The minimum Gasteiger partial charge on any atom is -0.137 e. The molecule has 1 aromatic rings. The Morgan fingerprint density at radius 1 is 1.08 bits per heavy atom. The molecular formula is C8H8Cl2N2. The Hall–Kier alpha value is -0.340. The summed E-state index contributed by atoms with van der Waals surface area (Å²) in [6.45, 7) is 2.17. The van der Waals surface area contributed by atoms with Gasteiger partial charge in [-0.2, -0.15) is 0 Å². The summed E-state index contributed by atoms with van der Waals surface area (Å²) in [5.41, 5.74) is 2.17. The fourth-order valence-corrected chi connectivity index (χ4v) is 2.10. The summed E-state index contributed by atoms with van der Waals surface area (Å²) in [4.78, 5) is 0. The van der Waals surface area contributed by atoms with Crippen LogP contribution >= 0.6 is 23.2 Å². The highest BCUT2D eigenvalue weighted by molar-refractivity contribution is 6.32. The summed E-state index contributed by atoms with van der Waals surface area (Å²) < 4.78 is 0. The normalized spacial score (nSPS) is 16.6. The smallest absolute Gasteiger partial charge is 0.137 e. The zero-order valence-electron chi connectivity index (χ0n) is 6.64. The predicted molar refractivity (Wildman–Crippen MR) is 48.6 cm³/mol. The number of rotatable bonds is 0. The lowest BCUT2D eigenvalue weighted by Gasteiger charge is -1.99. The van der Waals surface area contributed by atoms with Crippen LogP contribution < -0.4 is 0 Å². The van der Waals surface area contributed by atoms with E-state index in [1.165, 1.54) is 0 Å². The van der Waals surface area contributed by atoms with Gasteiger partial charge in [0.2, 0.25) is 0 Å². The Kier molecular flexibility index (Phi) is 1.97. The van der Waals surface area contributed by atoms with Gasteiger partial charge in [0.15, 0.2) is 10.3 Å². The van der Waals surface area contributed by atoms with E-state index in [2.05, 4.69) is 17.1 Å². The van der Waals surface area contributed by atoms with Crippen LogP contribution in [0.15, 0.2) is 0 Å². The molecule has 0 spiro atoms. The summed E-state index contributed by atoms with van der Waals surface area (Å²) in [6.07, 6.45) is 1.95. The molecule has 0 saturated carbocycles. The van der Waals surface area contributed by atoms with Gasteiger partial charge in [-0.3, -0.25) is 0 Å². The van der Waals surface area contributed by atoms with Crippen LogP contribution in [-0.4, -0.2) is 10.2 Å². The second-order valence-electron chi connectivity index (χ2n) is 3.25. The van der Waals surface area contributed by atoms with Gasteiger partial charge in [0.25, 0.3) is 0 Å². The molecule has 2 rings (SSSR count). The lowest BCUT2D eigenvalue weighted by atomic mass is 10.1. The highest BCUT2D eigenvalue weighted by Crippen LogP contribution is 2.33. The minimum atomic E-state index is 0.513. The zero-order valence-corrected chi connectivity index (χ0v) is 8.15. The molecule has 1 aliphatic rings. The van der Waals surface area contributed by atoms with Gasteiger partial charge in [-0.1, -0.05) is 30.1 Å². The number of fused-ring (bicyclic) bond motifs is 1. The fraction of sp³-hybridized carbons (Fsp3) is 0.500. The van der Waals surface area contributed by atoms with Crippen molar-refractivity contribution in [3.05, 3.63) is 21.4 Å². The quantitative estimate of drug-likeness (QED) is 0.647. The highest BCUT2D eigenvalue weighted by atomic mass is 35.5. The van der Waals surface area contributed by atoms with Gasteiger partial charge in [0, 0.05) is 0 Å². The van der Waals surface area contributed by atoms with Gasteiger partial charge in [-0.25, -0.2) is 0 Å². The number of aromatic nitrogens is 2. The van der Waals surface area contributed by atoms with Gasteiger partial charge < -0.3 is 0 Å². The molecule has 0 saturated heterocycles. The molecule has 1 aromatic heterocycles. The molecule has 4 heteroatoms. The summed E-state index contributed by atoms with van der Waals surface area (Å²) in [7, 11) is 0. The van der Waals surface area contributed by atoms with Crippen molar-refractivity contribution in [2.45, 2.75) is 19.8 Å². The first kappa shape index (κ1) is 8.27. The van der Waals surface area contributed by atoms with Crippen LogP contribution in [0.1, 0.15) is 18.1 Å². The second kappa shape index (κ2) is 2.86. The van der Waals surface area contributed by atoms with E-state index in [1.54, 1.807) is 0 Å². The summed E-state index contributed by atoms with van der Waals surface area (Å²) >= 11 is 11.7. The van der Waals surface area contributed by atoms with Crippen LogP contribution in [0.25, 0.3) is 0 Å². The molecule has 0 unspecified atom stereocenters. The molecule has 12 heavy (non-hydrogen) atoms. The van der Waals surface area contributed by atoms with Gasteiger partial charge in [-0.15, -0.1) is 10.2 Å². The van der Waals surface area contributed by atoms with Crippen LogP contribution in [0.5, 0.6) is 0 Å². The van der Waals surface area contributed by atoms with Crippen molar-refractivity contribution >= 4 is 23.2 Å². The molecule has 0 aromatic carbocycles. The number of nitrogens with zero attached hydrogens (tertiary/aromatic N) is 2. The van der Waals surface area contributed by atoms with E-state index in [-0.39, 0.29) is 0 Å². The second-order valence-corrected chi connectivity index (χ2v) is 3.97. The average molecular weight is 203 g/mol. The Morgan fingerprint density at radius 3 is 1.92 bits per heavy atom. The Bertz CT molecular complexity index is 294. The third-order valence-electron chi connectivity index (χ3n) is 2.19. The molecule has 0 aliphatic heterocycles. The Labute approximate surface area is 80.9 Å². The van der Waals surface area contributed by atoms with Crippen molar-refractivity contribution in [1.29, 1.82) is 0 Å². The maximum absolute atomic E-state index is 5.87. The van der Waals surface area contributed by atoms with Gasteiger partial charge in [-0.05, 0) is 29.9 Å². The van der Waals surface area contributed by atoms with E-state index in [4.69, 9.17) is 23.2 Å². The fourth-order valence-electron chi connectivity index (χ4n) is 1.64. The number of hydrogen-bond acceptors (Lipinski definition) is 2. The molecule has 0 fully saturated rings. The minimum absolute atomic E-state index is 0.513. The molecule has 0 bridgehead atoms. The first-order valence-corrected chi connectivity index (χ1v) is 4.63. The van der Waals surface area contributed by atoms with E-state index in [0.29, 0.717) is 16.2 Å². The van der Waals surface area contributed by atoms with E-state index in [0.717, 1.165) is 24.0 Å². The Balaban J connectivity index is 2.56. The highest BCUT2D eigenvalue weighted by Gasteiger charge is 2.24. The summed E-state index contributed by atoms with van der Waals surface area (Å²) in [5, 5.41) is 8.56. The van der Waals surface area contributed by atoms with Crippen molar-refractivity contribution in [3.63, 3.8) is 0 Å². The molecule has 0 N–H and O–H groups in total. The van der Waals surface area contributed by atoms with Crippen molar-refractivity contribution in [2.24, 2.45) is 5.92 Å². The standard InChI is InChI=1S/C8H8Cl2N2/c1-4-2-5-6(3-4)8(10)12-11-7(5)9/h4H,2-3H2,1H3. The maximum atomic E-state index is 5.87. The van der Waals surface area contributed by atoms with E-state index >= 15 is 0 Å².